The normalized spacial score (nSPS) is 24.2. The Hall–Kier alpha value is -0.460. The summed E-state index contributed by atoms with van der Waals surface area (Å²) in [6, 6.07) is 0. The fraction of sp³-hybridized carbons (Fsp3) is 0.636. The summed E-state index contributed by atoms with van der Waals surface area (Å²) in [5.41, 5.74) is -0.294. The third-order valence-corrected chi connectivity index (χ3v) is 4.84. The van der Waals surface area contributed by atoms with Gasteiger partial charge in [0.05, 0.1) is 15.4 Å². The molecule has 0 radical (unpaired) electrons. The van der Waals surface area contributed by atoms with E-state index in [-0.39, 0.29) is 11.3 Å². The van der Waals surface area contributed by atoms with Crippen LogP contribution in [0.25, 0.3) is 0 Å². The number of nitrogens with zero attached hydrogens (tertiary/aromatic N) is 1. The maximum atomic E-state index is 12.4. The molecule has 1 aromatic rings. The topological polar surface area (TPSA) is 54.0 Å². The van der Waals surface area contributed by atoms with Crippen LogP contribution in [0.4, 0.5) is 5.13 Å². The van der Waals surface area contributed by atoms with Crippen LogP contribution in [0, 0.1) is 11.3 Å². The van der Waals surface area contributed by atoms with E-state index < -0.39 is 0 Å². The molecule has 6 heteroatoms. The van der Waals surface area contributed by atoms with Gasteiger partial charge < -0.3 is 10.6 Å². The van der Waals surface area contributed by atoms with E-state index in [0.29, 0.717) is 11.0 Å². The van der Waals surface area contributed by atoms with Crippen molar-refractivity contribution >= 4 is 38.3 Å². The number of nitrogens with one attached hydrogen (secondary N) is 2. The zero-order valence-electron chi connectivity index (χ0n) is 9.92. The highest BCUT2D eigenvalue weighted by atomic mass is 79.9. The number of aromatic nitrogens is 1. The molecule has 0 bridgehead atoms. The summed E-state index contributed by atoms with van der Waals surface area (Å²) in [6.45, 7) is 5.87. The number of rotatable bonds is 3. The van der Waals surface area contributed by atoms with E-state index in [0.717, 1.165) is 23.3 Å². The lowest BCUT2D eigenvalue weighted by Crippen LogP contribution is -2.42. The van der Waals surface area contributed by atoms with Crippen LogP contribution in [-0.4, -0.2) is 24.0 Å². The lowest BCUT2D eigenvalue weighted by atomic mass is 9.75. The van der Waals surface area contributed by atoms with Crippen molar-refractivity contribution in [2.45, 2.75) is 20.3 Å². The van der Waals surface area contributed by atoms with Crippen LogP contribution in [0.2, 0.25) is 0 Å². The van der Waals surface area contributed by atoms with Crippen LogP contribution in [0.1, 0.15) is 20.3 Å². The zero-order chi connectivity index (χ0) is 12.5. The molecule has 1 aliphatic heterocycles. The first kappa shape index (κ1) is 13.0. The summed E-state index contributed by atoms with van der Waals surface area (Å²) in [4.78, 5) is 16.5. The summed E-state index contributed by atoms with van der Waals surface area (Å²) < 4.78 is 0.927. The first-order valence-corrected chi connectivity index (χ1v) is 7.29. The molecule has 0 saturated carbocycles. The van der Waals surface area contributed by atoms with Gasteiger partial charge in [-0.25, -0.2) is 4.98 Å². The Morgan fingerprint density at radius 3 is 2.94 bits per heavy atom. The molecule has 0 aliphatic carbocycles. The van der Waals surface area contributed by atoms with E-state index in [1.165, 1.54) is 11.3 Å². The molecule has 2 N–H and O–H groups in total. The van der Waals surface area contributed by atoms with Crippen molar-refractivity contribution in [1.29, 1.82) is 0 Å². The standard InChI is InChI=1S/C11H16BrN3OS/c1-7(2)11(3-4-13-6-11)9(16)15-10-14-5-8(12)17-10/h5,7,13H,3-4,6H2,1-2H3,(H,14,15,16). The third kappa shape index (κ3) is 2.53. The molecule has 0 spiro atoms. The van der Waals surface area contributed by atoms with Crippen LogP contribution >= 0.6 is 27.3 Å². The molecule has 0 aromatic carbocycles. The van der Waals surface area contributed by atoms with Gasteiger partial charge in [0.2, 0.25) is 5.91 Å². The van der Waals surface area contributed by atoms with Gasteiger partial charge in [0.1, 0.15) is 0 Å². The Kier molecular flexibility index (Phi) is 3.85. The minimum Gasteiger partial charge on any atom is -0.316 e. The first-order chi connectivity index (χ1) is 8.04. The Morgan fingerprint density at radius 1 is 1.71 bits per heavy atom. The van der Waals surface area contributed by atoms with Gasteiger partial charge in [-0.3, -0.25) is 4.79 Å². The van der Waals surface area contributed by atoms with Crippen molar-refractivity contribution in [2.75, 3.05) is 18.4 Å². The van der Waals surface area contributed by atoms with Crippen molar-refractivity contribution in [3.63, 3.8) is 0 Å². The van der Waals surface area contributed by atoms with Gasteiger partial charge >= 0.3 is 0 Å². The second-order valence-electron chi connectivity index (χ2n) is 4.66. The zero-order valence-corrected chi connectivity index (χ0v) is 12.3. The average molecular weight is 318 g/mol. The van der Waals surface area contributed by atoms with Crippen molar-refractivity contribution in [3.8, 4) is 0 Å². The number of thiazole rings is 1. The number of carbonyl (C=O) groups excluding carboxylic acids is 1. The van der Waals surface area contributed by atoms with E-state index in [4.69, 9.17) is 0 Å². The van der Waals surface area contributed by atoms with Crippen LogP contribution in [0.3, 0.4) is 0 Å². The molecule has 1 saturated heterocycles. The molecule has 1 unspecified atom stereocenters. The van der Waals surface area contributed by atoms with Gasteiger partial charge in [-0.15, -0.1) is 0 Å². The lowest BCUT2D eigenvalue weighted by Gasteiger charge is -2.30. The molecule has 1 aromatic heterocycles. The molecular weight excluding hydrogens is 302 g/mol. The van der Waals surface area contributed by atoms with Gasteiger partial charge in [0.15, 0.2) is 5.13 Å². The molecule has 1 atom stereocenters. The molecule has 1 aliphatic rings. The van der Waals surface area contributed by atoms with Gasteiger partial charge in [0, 0.05) is 6.54 Å². The van der Waals surface area contributed by atoms with Gasteiger partial charge in [-0.05, 0) is 34.8 Å². The summed E-state index contributed by atoms with van der Waals surface area (Å²) in [5, 5.41) is 6.87. The van der Waals surface area contributed by atoms with Gasteiger partial charge in [-0.1, -0.05) is 25.2 Å². The summed E-state index contributed by atoms with van der Waals surface area (Å²) in [5.74, 6) is 0.403. The largest absolute Gasteiger partial charge is 0.316 e. The number of carbonyl (C=O) groups is 1. The minimum atomic E-state index is -0.294. The molecule has 2 heterocycles. The molecule has 4 nitrogen and oxygen atoms in total. The SMILES string of the molecule is CC(C)C1(C(=O)Nc2ncc(Br)s2)CCNC1. The van der Waals surface area contributed by atoms with Crippen LogP contribution in [-0.2, 0) is 4.79 Å². The third-order valence-electron chi connectivity index (χ3n) is 3.44. The molecule has 94 valence electrons. The quantitative estimate of drug-likeness (QED) is 0.900. The average Bonchev–Trinajstić information content (AvgIpc) is 2.87. The Bertz CT molecular complexity index is 413. The Balaban J connectivity index is 2.12. The van der Waals surface area contributed by atoms with E-state index in [9.17, 15) is 4.79 Å². The van der Waals surface area contributed by atoms with Gasteiger partial charge in [-0.2, -0.15) is 0 Å². The number of hydrogen-bond acceptors (Lipinski definition) is 4. The summed E-state index contributed by atoms with van der Waals surface area (Å²) >= 11 is 4.78. The van der Waals surface area contributed by atoms with E-state index >= 15 is 0 Å². The Morgan fingerprint density at radius 2 is 2.47 bits per heavy atom. The van der Waals surface area contributed by atoms with Crippen molar-refractivity contribution in [3.05, 3.63) is 9.98 Å². The highest BCUT2D eigenvalue weighted by Gasteiger charge is 2.44. The smallest absolute Gasteiger partial charge is 0.233 e. The van der Waals surface area contributed by atoms with Crippen LogP contribution in [0.5, 0.6) is 0 Å². The minimum absolute atomic E-state index is 0.0827. The highest BCUT2D eigenvalue weighted by Crippen LogP contribution is 2.36. The van der Waals surface area contributed by atoms with Gasteiger partial charge in [0.25, 0.3) is 0 Å². The number of halogens is 1. The number of anilines is 1. The van der Waals surface area contributed by atoms with Crippen molar-refractivity contribution < 1.29 is 4.79 Å². The Labute approximate surface area is 113 Å². The molecule has 1 amide bonds. The highest BCUT2D eigenvalue weighted by molar-refractivity contribution is 9.11. The molecule has 1 fully saturated rings. The second-order valence-corrected chi connectivity index (χ2v) is 7.07. The van der Waals surface area contributed by atoms with E-state index in [1.54, 1.807) is 6.20 Å². The maximum Gasteiger partial charge on any atom is 0.233 e. The predicted molar refractivity (Wildman–Crippen MR) is 73.2 cm³/mol. The fourth-order valence-corrected chi connectivity index (χ4v) is 3.30. The van der Waals surface area contributed by atoms with Crippen molar-refractivity contribution in [1.82, 2.24) is 10.3 Å². The first-order valence-electron chi connectivity index (χ1n) is 5.68. The summed E-state index contributed by atoms with van der Waals surface area (Å²) in [7, 11) is 0. The number of hydrogen-bond donors (Lipinski definition) is 2. The fourth-order valence-electron chi connectivity index (χ4n) is 2.19. The second kappa shape index (κ2) is 5.04. The lowest BCUT2D eigenvalue weighted by molar-refractivity contribution is -0.126. The van der Waals surface area contributed by atoms with E-state index in [1.807, 2.05) is 0 Å². The molecule has 2 rings (SSSR count). The summed E-state index contributed by atoms with van der Waals surface area (Å²) in [6.07, 6.45) is 2.60. The number of amides is 1. The predicted octanol–water partition coefficient (Wildman–Crippen LogP) is 2.48. The van der Waals surface area contributed by atoms with Crippen LogP contribution < -0.4 is 10.6 Å². The maximum absolute atomic E-state index is 12.4. The van der Waals surface area contributed by atoms with Crippen LogP contribution in [0.15, 0.2) is 9.98 Å². The van der Waals surface area contributed by atoms with E-state index in [2.05, 4.69) is 45.4 Å². The molecular formula is C11H16BrN3OS. The monoisotopic (exact) mass is 317 g/mol. The molecule has 17 heavy (non-hydrogen) atoms. The van der Waals surface area contributed by atoms with Crippen molar-refractivity contribution in [2.24, 2.45) is 11.3 Å².